The highest BCUT2D eigenvalue weighted by Crippen LogP contribution is 2.30. The zero-order chi connectivity index (χ0) is 11.7. The fraction of sp³-hybridized carbons (Fsp3) is 0.417. The number of nitrogens with zero attached hydrogens (tertiary/aromatic N) is 1. The monoisotopic (exact) mass is 219 g/mol. The molecule has 0 radical (unpaired) electrons. The van der Waals surface area contributed by atoms with Crippen LogP contribution in [0.3, 0.4) is 0 Å². The predicted octanol–water partition coefficient (Wildman–Crippen LogP) is 1.36. The van der Waals surface area contributed by atoms with Crippen LogP contribution in [0.4, 0.5) is 11.4 Å². The summed E-state index contributed by atoms with van der Waals surface area (Å²) in [5.41, 5.74) is 13.4. The maximum absolute atomic E-state index is 11.1. The third-order valence-corrected chi connectivity index (χ3v) is 3.18. The zero-order valence-electron chi connectivity index (χ0n) is 9.44. The van der Waals surface area contributed by atoms with Crippen LogP contribution in [-0.4, -0.2) is 18.5 Å². The quantitative estimate of drug-likeness (QED) is 0.737. The number of hydrogen-bond acceptors (Lipinski definition) is 3. The second-order valence-corrected chi connectivity index (χ2v) is 4.32. The molecule has 1 heterocycles. The van der Waals surface area contributed by atoms with Crippen molar-refractivity contribution in [1.82, 2.24) is 0 Å². The molecule has 86 valence electrons. The van der Waals surface area contributed by atoms with Crippen molar-refractivity contribution >= 4 is 17.3 Å². The second-order valence-electron chi connectivity index (χ2n) is 4.32. The number of primary amides is 1. The summed E-state index contributed by atoms with van der Waals surface area (Å²) in [6.07, 6.45) is 2.33. The van der Waals surface area contributed by atoms with E-state index in [9.17, 15) is 4.79 Å². The number of rotatable bonds is 2. The first kappa shape index (κ1) is 10.8. The highest BCUT2D eigenvalue weighted by Gasteiger charge is 2.22. The molecule has 1 aliphatic heterocycles. The van der Waals surface area contributed by atoms with Crippen molar-refractivity contribution < 1.29 is 4.79 Å². The van der Waals surface area contributed by atoms with Crippen molar-refractivity contribution in [3.8, 4) is 0 Å². The van der Waals surface area contributed by atoms with Gasteiger partial charge in [-0.05, 0) is 38.0 Å². The number of benzene rings is 1. The van der Waals surface area contributed by atoms with E-state index in [0.29, 0.717) is 17.3 Å². The van der Waals surface area contributed by atoms with Gasteiger partial charge in [-0.2, -0.15) is 0 Å². The molecule has 4 heteroatoms. The van der Waals surface area contributed by atoms with E-state index in [1.54, 1.807) is 18.2 Å². The normalized spacial score (nSPS) is 20.1. The molecule has 1 atom stereocenters. The maximum Gasteiger partial charge on any atom is 0.248 e. The van der Waals surface area contributed by atoms with Crippen molar-refractivity contribution in [2.75, 3.05) is 17.2 Å². The topological polar surface area (TPSA) is 72.3 Å². The van der Waals surface area contributed by atoms with Gasteiger partial charge in [-0.3, -0.25) is 4.79 Å². The lowest BCUT2D eigenvalue weighted by Gasteiger charge is -2.25. The Labute approximate surface area is 95.2 Å². The van der Waals surface area contributed by atoms with E-state index in [4.69, 9.17) is 11.5 Å². The molecule has 0 bridgehead atoms. The Kier molecular flexibility index (Phi) is 2.73. The van der Waals surface area contributed by atoms with E-state index in [-0.39, 0.29) is 0 Å². The first-order valence-electron chi connectivity index (χ1n) is 5.55. The Balaban J connectivity index is 2.38. The van der Waals surface area contributed by atoms with Crippen LogP contribution in [0.2, 0.25) is 0 Å². The molecule has 1 aromatic rings. The summed E-state index contributed by atoms with van der Waals surface area (Å²) in [7, 11) is 0. The molecule has 1 aromatic carbocycles. The molecule has 1 saturated heterocycles. The number of hydrogen-bond donors (Lipinski definition) is 2. The molecular weight excluding hydrogens is 202 g/mol. The maximum atomic E-state index is 11.1. The lowest BCUT2D eigenvalue weighted by atomic mass is 10.1. The summed E-state index contributed by atoms with van der Waals surface area (Å²) in [6, 6.07) is 5.69. The van der Waals surface area contributed by atoms with E-state index in [1.807, 2.05) is 0 Å². The molecular formula is C12H17N3O. The van der Waals surface area contributed by atoms with Gasteiger partial charge in [-0.1, -0.05) is 0 Å². The number of carbonyl (C=O) groups is 1. The van der Waals surface area contributed by atoms with Crippen LogP contribution in [0, 0.1) is 0 Å². The van der Waals surface area contributed by atoms with Crippen LogP contribution < -0.4 is 16.4 Å². The molecule has 1 aliphatic rings. The van der Waals surface area contributed by atoms with Crippen LogP contribution in [0.25, 0.3) is 0 Å². The summed E-state index contributed by atoms with van der Waals surface area (Å²) < 4.78 is 0. The second kappa shape index (κ2) is 4.04. The predicted molar refractivity (Wildman–Crippen MR) is 65.4 cm³/mol. The first-order chi connectivity index (χ1) is 7.59. The van der Waals surface area contributed by atoms with Crippen molar-refractivity contribution in [2.24, 2.45) is 5.73 Å². The number of nitrogen functional groups attached to an aromatic ring is 1. The first-order valence-corrected chi connectivity index (χ1v) is 5.55. The summed E-state index contributed by atoms with van der Waals surface area (Å²) in [4.78, 5) is 13.4. The van der Waals surface area contributed by atoms with Gasteiger partial charge in [0.1, 0.15) is 0 Å². The fourth-order valence-corrected chi connectivity index (χ4v) is 2.24. The highest BCUT2D eigenvalue weighted by molar-refractivity contribution is 5.95. The average Bonchev–Trinajstić information content (AvgIpc) is 2.65. The van der Waals surface area contributed by atoms with E-state index in [0.717, 1.165) is 12.2 Å². The molecule has 0 spiro atoms. The molecule has 4 N–H and O–H groups in total. The van der Waals surface area contributed by atoms with Gasteiger partial charge in [0.2, 0.25) is 5.91 Å². The summed E-state index contributed by atoms with van der Waals surface area (Å²) >= 11 is 0. The minimum atomic E-state index is -0.409. The Morgan fingerprint density at radius 3 is 2.81 bits per heavy atom. The van der Waals surface area contributed by atoms with E-state index in [1.165, 1.54) is 12.8 Å². The lowest BCUT2D eigenvalue weighted by Crippen LogP contribution is -2.27. The van der Waals surface area contributed by atoms with E-state index < -0.39 is 5.91 Å². The van der Waals surface area contributed by atoms with Gasteiger partial charge < -0.3 is 16.4 Å². The number of nitrogens with two attached hydrogens (primary N) is 2. The van der Waals surface area contributed by atoms with Gasteiger partial charge in [0.05, 0.1) is 11.4 Å². The lowest BCUT2D eigenvalue weighted by molar-refractivity contribution is 0.100. The van der Waals surface area contributed by atoms with Crippen molar-refractivity contribution in [1.29, 1.82) is 0 Å². The Morgan fingerprint density at radius 2 is 2.25 bits per heavy atom. The van der Waals surface area contributed by atoms with Gasteiger partial charge in [-0.15, -0.1) is 0 Å². The molecule has 16 heavy (non-hydrogen) atoms. The van der Waals surface area contributed by atoms with Crippen LogP contribution in [-0.2, 0) is 0 Å². The molecule has 1 unspecified atom stereocenters. The summed E-state index contributed by atoms with van der Waals surface area (Å²) in [5, 5.41) is 0. The van der Waals surface area contributed by atoms with Gasteiger partial charge >= 0.3 is 0 Å². The van der Waals surface area contributed by atoms with Gasteiger partial charge in [0.25, 0.3) is 0 Å². The highest BCUT2D eigenvalue weighted by atomic mass is 16.1. The SMILES string of the molecule is CC1CCCN1c1cc(C(N)=O)ccc1N. The molecule has 0 aliphatic carbocycles. The van der Waals surface area contributed by atoms with Gasteiger partial charge in [0.15, 0.2) is 0 Å². The summed E-state index contributed by atoms with van der Waals surface area (Å²) in [6.45, 7) is 3.16. The van der Waals surface area contributed by atoms with E-state index >= 15 is 0 Å². The Morgan fingerprint density at radius 1 is 1.50 bits per heavy atom. The summed E-state index contributed by atoms with van der Waals surface area (Å²) in [5.74, 6) is -0.409. The Bertz CT molecular complexity index is 417. The molecule has 1 amide bonds. The van der Waals surface area contributed by atoms with Crippen LogP contribution >= 0.6 is 0 Å². The van der Waals surface area contributed by atoms with Crippen molar-refractivity contribution in [3.05, 3.63) is 23.8 Å². The average molecular weight is 219 g/mol. The fourth-order valence-electron chi connectivity index (χ4n) is 2.24. The standard InChI is InChI=1S/C12H17N3O/c1-8-3-2-6-15(8)11-7-9(12(14)16)4-5-10(11)13/h4-5,7-8H,2-3,6,13H2,1H3,(H2,14,16). The third kappa shape index (κ3) is 1.83. The third-order valence-electron chi connectivity index (χ3n) is 3.18. The molecule has 0 aromatic heterocycles. The zero-order valence-corrected chi connectivity index (χ0v) is 9.44. The Hall–Kier alpha value is -1.71. The van der Waals surface area contributed by atoms with Gasteiger partial charge in [-0.25, -0.2) is 0 Å². The smallest absolute Gasteiger partial charge is 0.248 e. The van der Waals surface area contributed by atoms with Crippen LogP contribution in [0.15, 0.2) is 18.2 Å². The van der Waals surface area contributed by atoms with E-state index in [2.05, 4.69) is 11.8 Å². The number of carbonyl (C=O) groups excluding carboxylic acids is 1. The van der Waals surface area contributed by atoms with Crippen molar-refractivity contribution in [2.45, 2.75) is 25.8 Å². The van der Waals surface area contributed by atoms with Gasteiger partial charge in [0, 0.05) is 18.2 Å². The van der Waals surface area contributed by atoms with Crippen molar-refractivity contribution in [3.63, 3.8) is 0 Å². The molecule has 0 saturated carbocycles. The number of amides is 1. The number of anilines is 2. The molecule has 1 fully saturated rings. The van der Waals surface area contributed by atoms with Crippen LogP contribution in [0.1, 0.15) is 30.1 Å². The molecule has 4 nitrogen and oxygen atoms in total. The minimum Gasteiger partial charge on any atom is -0.397 e. The van der Waals surface area contributed by atoms with Crippen LogP contribution in [0.5, 0.6) is 0 Å². The molecule has 2 rings (SSSR count). The largest absolute Gasteiger partial charge is 0.397 e. The minimum absolute atomic E-state index is 0.409.